The van der Waals surface area contributed by atoms with Crippen molar-refractivity contribution < 1.29 is 9.63 Å². The molecule has 1 N–H and O–H groups in total. The number of halogens is 1. The third kappa shape index (κ3) is 3.80. The Morgan fingerprint density at radius 3 is 2.86 bits per heavy atom. The van der Waals surface area contributed by atoms with E-state index in [0.717, 1.165) is 22.4 Å². The Balaban J connectivity index is 1.63. The van der Waals surface area contributed by atoms with Crippen LogP contribution in [0.3, 0.4) is 0 Å². The number of phenolic OH excluding ortho intramolecular Hbond substituents is 1. The van der Waals surface area contributed by atoms with Crippen molar-refractivity contribution in [2.45, 2.75) is 43.1 Å². The minimum atomic E-state index is 0.170. The van der Waals surface area contributed by atoms with E-state index < -0.39 is 0 Å². The second-order valence-electron chi connectivity index (χ2n) is 5.25. The third-order valence-corrected chi connectivity index (χ3v) is 5.70. The summed E-state index contributed by atoms with van der Waals surface area (Å²) in [6, 6.07) is 5.23. The molecule has 6 heteroatoms. The lowest BCUT2D eigenvalue weighted by molar-refractivity contribution is 0.424. The molecule has 4 nitrogen and oxygen atoms in total. The van der Waals surface area contributed by atoms with Crippen molar-refractivity contribution in [3.8, 4) is 17.2 Å². The SMILES string of the molecule is Oc1cc(-c2nc(CSC3CCCCC3)no2)ccc1Br. The Kier molecular flexibility index (Phi) is 4.85. The first-order valence-electron chi connectivity index (χ1n) is 7.15. The van der Waals surface area contributed by atoms with E-state index in [1.807, 2.05) is 17.8 Å². The molecule has 1 fully saturated rings. The average molecular weight is 369 g/mol. The maximum atomic E-state index is 9.70. The highest BCUT2D eigenvalue weighted by molar-refractivity contribution is 9.10. The van der Waals surface area contributed by atoms with Gasteiger partial charge in [-0.15, -0.1) is 0 Å². The van der Waals surface area contributed by atoms with Crippen molar-refractivity contribution >= 4 is 27.7 Å². The molecule has 1 aliphatic rings. The van der Waals surface area contributed by atoms with Crippen LogP contribution in [0.25, 0.3) is 11.5 Å². The summed E-state index contributed by atoms with van der Waals surface area (Å²) in [6.07, 6.45) is 6.66. The van der Waals surface area contributed by atoms with Crippen molar-refractivity contribution in [2.75, 3.05) is 0 Å². The summed E-state index contributed by atoms with van der Waals surface area (Å²) in [5.41, 5.74) is 0.733. The zero-order chi connectivity index (χ0) is 14.7. The summed E-state index contributed by atoms with van der Waals surface area (Å²) >= 11 is 5.18. The molecular formula is C15H17BrN2O2S. The fourth-order valence-electron chi connectivity index (χ4n) is 2.50. The topological polar surface area (TPSA) is 59.2 Å². The Morgan fingerprint density at radius 2 is 2.10 bits per heavy atom. The molecule has 0 atom stereocenters. The molecule has 21 heavy (non-hydrogen) atoms. The van der Waals surface area contributed by atoms with E-state index in [2.05, 4.69) is 26.1 Å². The quantitative estimate of drug-likeness (QED) is 0.841. The number of aromatic nitrogens is 2. The molecule has 1 aliphatic carbocycles. The standard InChI is InChI=1S/C15H17BrN2O2S/c16-12-7-6-10(8-13(12)19)15-17-14(18-20-15)9-21-11-4-2-1-3-5-11/h6-8,11,19H,1-5,9H2. The molecule has 1 aromatic carbocycles. The number of benzene rings is 1. The summed E-state index contributed by atoms with van der Waals surface area (Å²) in [5, 5.41) is 14.5. The van der Waals surface area contributed by atoms with Crippen molar-refractivity contribution in [3.63, 3.8) is 0 Å². The molecule has 112 valence electrons. The molecule has 0 radical (unpaired) electrons. The van der Waals surface area contributed by atoms with Gasteiger partial charge in [-0.25, -0.2) is 0 Å². The van der Waals surface area contributed by atoms with Gasteiger partial charge in [0.2, 0.25) is 0 Å². The third-order valence-electron chi connectivity index (χ3n) is 3.66. The number of rotatable bonds is 4. The zero-order valence-electron chi connectivity index (χ0n) is 11.6. The summed E-state index contributed by atoms with van der Waals surface area (Å²) in [6.45, 7) is 0. The maximum Gasteiger partial charge on any atom is 0.258 e. The van der Waals surface area contributed by atoms with Crippen LogP contribution in [0.2, 0.25) is 0 Å². The first-order chi connectivity index (χ1) is 10.2. The smallest absolute Gasteiger partial charge is 0.258 e. The van der Waals surface area contributed by atoms with E-state index in [9.17, 15) is 5.11 Å². The molecule has 1 saturated carbocycles. The van der Waals surface area contributed by atoms with Crippen LogP contribution in [-0.4, -0.2) is 20.5 Å². The summed E-state index contributed by atoms with van der Waals surface area (Å²) < 4.78 is 5.94. The lowest BCUT2D eigenvalue weighted by atomic mass is 10.0. The van der Waals surface area contributed by atoms with Crippen LogP contribution in [0.15, 0.2) is 27.2 Å². The van der Waals surface area contributed by atoms with Gasteiger partial charge in [0, 0.05) is 10.8 Å². The first kappa shape index (κ1) is 14.9. The highest BCUT2D eigenvalue weighted by Gasteiger charge is 2.16. The number of nitrogens with zero attached hydrogens (tertiary/aromatic N) is 2. The van der Waals surface area contributed by atoms with E-state index in [4.69, 9.17) is 4.52 Å². The first-order valence-corrected chi connectivity index (χ1v) is 8.99. The predicted molar refractivity (Wildman–Crippen MR) is 87.3 cm³/mol. The van der Waals surface area contributed by atoms with Gasteiger partial charge in [0.25, 0.3) is 5.89 Å². The van der Waals surface area contributed by atoms with Crippen LogP contribution >= 0.6 is 27.7 Å². The lowest BCUT2D eigenvalue weighted by Crippen LogP contribution is -2.08. The minimum absolute atomic E-state index is 0.170. The molecule has 0 unspecified atom stereocenters. The van der Waals surface area contributed by atoms with Crippen LogP contribution in [0.5, 0.6) is 5.75 Å². The Bertz CT molecular complexity index is 611. The fourth-order valence-corrected chi connectivity index (χ4v) is 3.92. The van der Waals surface area contributed by atoms with Gasteiger partial charge >= 0.3 is 0 Å². The Labute approximate surface area is 136 Å². The van der Waals surface area contributed by atoms with E-state index in [-0.39, 0.29) is 5.75 Å². The van der Waals surface area contributed by atoms with Crippen LogP contribution in [0.4, 0.5) is 0 Å². The summed E-state index contributed by atoms with van der Waals surface area (Å²) in [5.74, 6) is 2.14. The minimum Gasteiger partial charge on any atom is -0.507 e. The molecular weight excluding hydrogens is 352 g/mol. The van der Waals surface area contributed by atoms with Gasteiger partial charge in [-0.2, -0.15) is 16.7 Å². The second kappa shape index (κ2) is 6.83. The van der Waals surface area contributed by atoms with Crippen molar-refractivity contribution in [1.29, 1.82) is 0 Å². The van der Waals surface area contributed by atoms with Crippen LogP contribution in [0.1, 0.15) is 37.9 Å². The van der Waals surface area contributed by atoms with E-state index in [1.54, 1.807) is 12.1 Å². The summed E-state index contributed by atoms with van der Waals surface area (Å²) in [4.78, 5) is 4.41. The zero-order valence-corrected chi connectivity index (χ0v) is 14.0. The molecule has 0 bridgehead atoms. The van der Waals surface area contributed by atoms with Gasteiger partial charge in [0.1, 0.15) is 5.75 Å². The highest BCUT2D eigenvalue weighted by Crippen LogP contribution is 2.31. The van der Waals surface area contributed by atoms with Crippen molar-refractivity contribution in [3.05, 3.63) is 28.5 Å². The van der Waals surface area contributed by atoms with E-state index in [0.29, 0.717) is 10.4 Å². The molecule has 1 heterocycles. The highest BCUT2D eigenvalue weighted by atomic mass is 79.9. The Hall–Kier alpha value is -1.01. The van der Waals surface area contributed by atoms with E-state index >= 15 is 0 Å². The number of thioether (sulfide) groups is 1. The maximum absolute atomic E-state index is 9.70. The van der Waals surface area contributed by atoms with Gasteiger partial charge < -0.3 is 9.63 Å². The van der Waals surface area contributed by atoms with E-state index in [1.165, 1.54) is 32.1 Å². The second-order valence-corrected chi connectivity index (χ2v) is 7.40. The molecule has 0 aliphatic heterocycles. The molecule has 2 aromatic rings. The summed E-state index contributed by atoms with van der Waals surface area (Å²) in [7, 11) is 0. The van der Waals surface area contributed by atoms with Crippen LogP contribution < -0.4 is 0 Å². The molecule has 0 spiro atoms. The molecule has 0 amide bonds. The van der Waals surface area contributed by atoms with Crippen molar-refractivity contribution in [1.82, 2.24) is 10.1 Å². The van der Waals surface area contributed by atoms with Gasteiger partial charge in [-0.1, -0.05) is 24.4 Å². The fraction of sp³-hybridized carbons (Fsp3) is 0.467. The Morgan fingerprint density at radius 1 is 1.29 bits per heavy atom. The monoisotopic (exact) mass is 368 g/mol. The number of hydrogen-bond acceptors (Lipinski definition) is 5. The molecule has 0 saturated heterocycles. The predicted octanol–water partition coefficient (Wildman–Crippen LogP) is 4.77. The molecule has 1 aromatic heterocycles. The van der Waals surface area contributed by atoms with Crippen LogP contribution in [0, 0.1) is 0 Å². The van der Waals surface area contributed by atoms with Gasteiger partial charge in [0.15, 0.2) is 5.82 Å². The normalized spacial score (nSPS) is 16.2. The largest absolute Gasteiger partial charge is 0.507 e. The van der Waals surface area contributed by atoms with Gasteiger partial charge in [-0.05, 0) is 47.0 Å². The van der Waals surface area contributed by atoms with Gasteiger partial charge in [0.05, 0.1) is 10.2 Å². The average Bonchev–Trinajstić information content (AvgIpc) is 2.98. The van der Waals surface area contributed by atoms with Crippen molar-refractivity contribution in [2.24, 2.45) is 0 Å². The lowest BCUT2D eigenvalue weighted by Gasteiger charge is -2.19. The number of hydrogen-bond donors (Lipinski definition) is 1. The molecule has 3 rings (SSSR count). The van der Waals surface area contributed by atoms with Crippen LogP contribution in [-0.2, 0) is 5.75 Å². The number of aromatic hydroxyl groups is 1. The number of phenols is 1. The van der Waals surface area contributed by atoms with Gasteiger partial charge in [-0.3, -0.25) is 0 Å².